The first-order valence-corrected chi connectivity index (χ1v) is 14.4. The Balaban J connectivity index is 1.59. The minimum absolute atomic E-state index is 0.221. The summed E-state index contributed by atoms with van der Waals surface area (Å²) in [5, 5.41) is 0.665. The van der Waals surface area contributed by atoms with Gasteiger partial charge in [-0.05, 0) is 61.4 Å². The van der Waals surface area contributed by atoms with Gasteiger partial charge < -0.3 is 14.4 Å². The Morgan fingerprint density at radius 3 is 2.46 bits per heavy atom. The summed E-state index contributed by atoms with van der Waals surface area (Å²) >= 11 is 7.29. The molecule has 0 unspecified atom stereocenters. The summed E-state index contributed by atoms with van der Waals surface area (Å²) in [5.74, 6) is 0.165. The summed E-state index contributed by atoms with van der Waals surface area (Å²) in [7, 11) is 3.92. The second-order valence-corrected chi connectivity index (χ2v) is 11.2. The molecular weight excluding hydrogens is 558 g/mol. The Morgan fingerprint density at radius 2 is 1.78 bits per heavy atom. The topological polar surface area (TPSA) is 73.1 Å². The minimum atomic E-state index is -0.667. The number of carbonyl (C=O) groups is 1. The molecule has 0 N–H and O–H groups in total. The zero-order valence-electron chi connectivity index (χ0n) is 23.3. The number of para-hydroxylation sites is 1. The molecule has 210 valence electrons. The van der Waals surface area contributed by atoms with Crippen molar-refractivity contribution in [3.8, 4) is 5.75 Å². The lowest BCUT2D eigenvalue weighted by molar-refractivity contribution is -0.139. The van der Waals surface area contributed by atoms with E-state index in [4.69, 9.17) is 21.1 Å². The molecule has 0 bridgehead atoms. The zero-order valence-corrected chi connectivity index (χ0v) is 24.8. The molecule has 0 amide bonds. The second-order valence-electron chi connectivity index (χ2n) is 9.74. The number of esters is 1. The summed E-state index contributed by atoms with van der Waals surface area (Å²) in [6.07, 6.45) is 1.82. The number of anilines is 1. The van der Waals surface area contributed by atoms with E-state index in [9.17, 15) is 9.59 Å². The third kappa shape index (κ3) is 5.99. The van der Waals surface area contributed by atoms with E-state index in [0.29, 0.717) is 38.0 Å². The van der Waals surface area contributed by atoms with Gasteiger partial charge in [0.15, 0.2) is 4.80 Å². The van der Waals surface area contributed by atoms with E-state index in [-0.39, 0.29) is 12.2 Å². The number of fused-ring (bicyclic) bond motifs is 1. The fraction of sp³-hybridized carbons (Fsp3) is 0.219. The van der Waals surface area contributed by atoms with Gasteiger partial charge in [0.05, 0.1) is 28.5 Å². The van der Waals surface area contributed by atoms with Crippen molar-refractivity contribution in [2.24, 2.45) is 4.99 Å². The van der Waals surface area contributed by atoms with Crippen molar-refractivity contribution in [3.05, 3.63) is 125 Å². The third-order valence-corrected chi connectivity index (χ3v) is 7.99. The van der Waals surface area contributed by atoms with Crippen LogP contribution < -0.4 is 24.5 Å². The van der Waals surface area contributed by atoms with Crippen LogP contribution in [0.3, 0.4) is 0 Å². The van der Waals surface area contributed by atoms with Gasteiger partial charge in [0, 0.05) is 30.4 Å². The van der Waals surface area contributed by atoms with Crippen LogP contribution >= 0.6 is 22.9 Å². The van der Waals surface area contributed by atoms with Crippen molar-refractivity contribution >= 4 is 40.7 Å². The number of benzene rings is 3. The van der Waals surface area contributed by atoms with Crippen LogP contribution in [0.2, 0.25) is 5.02 Å². The van der Waals surface area contributed by atoms with Crippen LogP contribution in [0.4, 0.5) is 5.69 Å². The van der Waals surface area contributed by atoms with Gasteiger partial charge in [-0.2, -0.15) is 0 Å². The van der Waals surface area contributed by atoms with Crippen molar-refractivity contribution < 1.29 is 14.3 Å². The predicted octanol–water partition coefficient (Wildman–Crippen LogP) is 5.10. The van der Waals surface area contributed by atoms with E-state index in [1.165, 1.54) is 11.3 Å². The van der Waals surface area contributed by atoms with Crippen LogP contribution in [-0.4, -0.2) is 31.2 Å². The van der Waals surface area contributed by atoms with Crippen molar-refractivity contribution in [1.82, 2.24) is 4.57 Å². The van der Waals surface area contributed by atoms with E-state index in [0.717, 1.165) is 22.4 Å². The molecule has 1 aromatic heterocycles. The molecule has 0 aliphatic carbocycles. The molecule has 5 rings (SSSR count). The quantitative estimate of drug-likeness (QED) is 0.268. The van der Waals surface area contributed by atoms with E-state index in [2.05, 4.69) is 4.99 Å². The van der Waals surface area contributed by atoms with Gasteiger partial charge in [0.25, 0.3) is 5.56 Å². The standard InChI is InChI=1S/C32H30ClN3O4S/c1-5-39-31(38)28-20(2)34-32-36(29(28)22-12-16-25(17-13-22)35(3)4)30(37)27(41-32)18-23-8-6-7-9-26(23)40-19-21-10-14-24(33)15-11-21/h6-18,29H,5,19H2,1-4H3/b27-18-/t29-/m1/s1. The highest BCUT2D eigenvalue weighted by atomic mass is 35.5. The molecule has 1 atom stereocenters. The number of carbonyl (C=O) groups excluding carboxylic acids is 1. The maximum Gasteiger partial charge on any atom is 0.338 e. The molecular formula is C32H30ClN3O4S. The summed E-state index contributed by atoms with van der Waals surface area (Å²) in [4.78, 5) is 34.3. The lowest BCUT2D eigenvalue weighted by Gasteiger charge is -2.25. The smallest absolute Gasteiger partial charge is 0.338 e. The molecule has 4 aromatic rings. The number of halogens is 1. The van der Waals surface area contributed by atoms with E-state index >= 15 is 0 Å². The molecule has 0 saturated heterocycles. The normalized spacial score (nSPS) is 14.9. The van der Waals surface area contributed by atoms with Crippen LogP contribution in [0.25, 0.3) is 6.08 Å². The first kappa shape index (κ1) is 28.4. The van der Waals surface area contributed by atoms with Crippen molar-refractivity contribution in [2.75, 3.05) is 25.6 Å². The summed E-state index contributed by atoms with van der Waals surface area (Å²) in [6, 6.07) is 22.2. The van der Waals surface area contributed by atoms with Crippen molar-refractivity contribution in [1.29, 1.82) is 0 Å². The van der Waals surface area contributed by atoms with Crippen LogP contribution in [0.1, 0.15) is 36.6 Å². The van der Waals surface area contributed by atoms with Crippen molar-refractivity contribution in [3.63, 3.8) is 0 Å². The van der Waals surface area contributed by atoms with Crippen LogP contribution in [0, 0.1) is 0 Å². The molecule has 3 aromatic carbocycles. The molecule has 7 nitrogen and oxygen atoms in total. The Hall–Kier alpha value is -4.14. The van der Waals surface area contributed by atoms with Gasteiger partial charge in [-0.1, -0.05) is 65.4 Å². The highest BCUT2D eigenvalue weighted by Crippen LogP contribution is 2.31. The third-order valence-electron chi connectivity index (χ3n) is 6.76. The Morgan fingerprint density at radius 1 is 1.07 bits per heavy atom. The lowest BCUT2D eigenvalue weighted by atomic mass is 9.95. The number of nitrogens with zero attached hydrogens (tertiary/aromatic N) is 3. The van der Waals surface area contributed by atoms with Gasteiger partial charge in [-0.3, -0.25) is 9.36 Å². The van der Waals surface area contributed by atoms with Gasteiger partial charge >= 0.3 is 5.97 Å². The van der Waals surface area contributed by atoms with Gasteiger partial charge in [-0.25, -0.2) is 9.79 Å². The summed E-state index contributed by atoms with van der Waals surface area (Å²) in [6.45, 7) is 4.12. The number of thiazole rings is 1. The number of ether oxygens (including phenoxy) is 2. The maximum absolute atomic E-state index is 14.0. The number of allylic oxidation sites excluding steroid dienone is 1. The van der Waals surface area contributed by atoms with Gasteiger partial charge in [0.2, 0.25) is 0 Å². The summed E-state index contributed by atoms with van der Waals surface area (Å²) in [5.41, 5.74) is 4.20. The molecule has 0 spiro atoms. The first-order valence-electron chi connectivity index (χ1n) is 13.2. The Bertz CT molecular complexity index is 1790. The van der Waals surface area contributed by atoms with Gasteiger partial charge in [0.1, 0.15) is 12.4 Å². The summed E-state index contributed by atoms with van der Waals surface area (Å²) < 4.78 is 13.6. The molecule has 0 saturated carbocycles. The van der Waals surface area contributed by atoms with E-state index < -0.39 is 12.0 Å². The fourth-order valence-corrected chi connectivity index (χ4v) is 5.84. The molecule has 2 heterocycles. The highest BCUT2D eigenvalue weighted by Gasteiger charge is 2.33. The number of hydrogen-bond acceptors (Lipinski definition) is 7. The van der Waals surface area contributed by atoms with E-state index in [1.807, 2.05) is 97.9 Å². The SMILES string of the molecule is CCOC(=O)C1=C(C)N=c2s/c(=C\c3ccccc3OCc3ccc(Cl)cc3)c(=O)n2[C@@H]1c1ccc(N(C)C)cc1. The number of aromatic nitrogens is 1. The maximum atomic E-state index is 14.0. The fourth-order valence-electron chi connectivity index (χ4n) is 4.68. The Labute approximate surface area is 247 Å². The van der Waals surface area contributed by atoms with Crippen LogP contribution in [0.5, 0.6) is 5.75 Å². The van der Waals surface area contributed by atoms with Crippen LogP contribution in [-0.2, 0) is 16.1 Å². The average Bonchev–Trinajstić information content (AvgIpc) is 3.26. The molecule has 1 aliphatic heterocycles. The Kier molecular flexibility index (Phi) is 8.42. The monoisotopic (exact) mass is 587 g/mol. The largest absolute Gasteiger partial charge is 0.488 e. The molecule has 1 aliphatic rings. The van der Waals surface area contributed by atoms with Crippen molar-refractivity contribution in [2.45, 2.75) is 26.5 Å². The minimum Gasteiger partial charge on any atom is -0.488 e. The number of rotatable bonds is 8. The van der Waals surface area contributed by atoms with Crippen LogP contribution in [0.15, 0.2) is 93.9 Å². The first-order chi connectivity index (χ1) is 19.8. The zero-order chi connectivity index (χ0) is 29.1. The number of hydrogen-bond donors (Lipinski definition) is 0. The second kappa shape index (κ2) is 12.2. The molecule has 9 heteroatoms. The predicted molar refractivity (Wildman–Crippen MR) is 163 cm³/mol. The lowest BCUT2D eigenvalue weighted by Crippen LogP contribution is -2.40. The molecule has 0 radical (unpaired) electrons. The average molecular weight is 588 g/mol. The molecule has 0 fully saturated rings. The van der Waals surface area contributed by atoms with Gasteiger partial charge in [-0.15, -0.1) is 0 Å². The van der Waals surface area contributed by atoms with E-state index in [1.54, 1.807) is 18.4 Å². The highest BCUT2D eigenvalue weighted by molar-refractivity contribution is 7.07. The molecule has 41 heavy (non-hydrogen) atoms.